The summed E-state index contributed by atoms with van der Waals surface area (Å²) in [5.41, 5.74) is 2.96. The van der Waals surface area contributed by atoms with Crippen molar-refractivity contribution in [1.29, 1.82) is 0 Å². The van der Waals surface area contributed by atoms with Crippen LogP contribution in [-0.4, -0.2) is 15.0 Å². The number of rotatable bonds is 4. The Morgan fingerprint density at radius 2 is 1.96 bits per heavy atom. The van der Waals surface area contributed by atoms with Gasteiger partial charge in [0, 0.05) is 40.3 Å². The van der Waals surface area contributed by atoms with E-state index in [2.05, 4.69) is 20.3 Å². The molecular weight excluding hydrogens is 379 g/mol. The summed E-state index contributed by atoms with van der Waals surface area (Å²) in [5.74, 6) is -0.511. The third-order valence-electron chi connectivity index (χ3n) is 4.51. The van der Waals surface area contributed by atoms with Crippen LogP contribution in [0.5, 0.6) is 0 Å². The van der Waals surface area contributed by atoms with Gasteiger partial charge in [-0.15, -0.1) is 0 Å². The Hall–Kier alpha value is -3.25. The van der Waals surface area contributed by atoms with Crippen molar-refractivity contribution in [2.75, 3.05) is 5.32 Å². The largest absolute Gasteiger partial charge is 0.353 e. The Balaban J connectivity index is 1.87. The molecule has 140 valence electrons. The number of nitrogens with zero attached hydrogens (tertiary/aromatic N) is 2. The van der Waals surface area contributed by atoms with Crippen LogP contribution >= 0.6 is 11.6 Å². The van der Waals surface area contributed by atoms with Gasteiger partial charge < -0.3 is 10.3 Å². The van der Waals surface area contributed by atoms with E-state index in [0.29, 0.717) is 22.8 Å². The number of aromatic nitrogens is 3. The van der Waals surface area contributed by atoms with Crippen molar-refractivity contribution in [2.24, 2.45) is 0 Å². The maximum atomic E-state index is 14.3. The second-order valence-corrected chi connectivity index (χ2v) is 6.69. The highest BCUT2D eigenvalue weighted by Gasteiger charge is 2.14. The Bertz CT molecular complexity index is 1230. The molecule has 0 amide bonds. The number of fused-ring (bicyclic) bond motifs is 1. The topological polar surface area (TPSA) is 70.7 Å². The van der Waals surface area contributed by atoms with Gasteiger partial charge in [-0.2, -0.15) is 0 Å². The summed E-state index contributed by atoms with van der Waals surface area (Å²) in [6.45, 7) is 1.93. The molecule has 0 aliphatic carbocycles. The van der Waals surface area contributed by atoms with Gasteiger partial charge in [-0.05, 0) is 42.8 Å². The molecule has 7 heteroatoms. The van der Waals surface area contributed by atoms with Crippen LogP contribution in [-0.2, 0) is 6.42 Å². The monoisotopic (exact) mass is 394 g/mol. The second-order valence-electron chi connectivity index (χ2n) is 6.26. The SMILES string of the molecule is CCc1[nH]c(=O)c(-c2cc(Cl)ccc2F)cc1Nc1ccnc2ccncc12. The minimum Gasteiger partial charge on any atom is -0.353 e. The van der Waals surface area contributed by atoms with E-state index >= 15 is 0 Å². The Labute approximate surface area is 165 Å². The van der Waals surface area contributed by atoms with Crippen molar-refractivity contribution in [2.45, 2.75) is 13.3 Å². The zero-order chi connectivity index (χ0) is 19.7. The van der Waals surface area contributed by atoms with Gasteiger partial charge in [0.05, 0.1) is 22.5 Å². The minimum absolute atomic E-state index is 0.153. The molecule has 2 N–H and O–H groups in total. The third kappa shape index (κ3) is 3.34. The van der Waals surface area contributed by atoms with Crippen molar-refractivity contribution in [3.05, 3.63) is 81.9 Å². The van der Waals surface area contributed by atoms with E-state index < -0.39 is 5.82 Å². The predicted octanol–water partition coefficient (Wildman–Crippen LogP) is 5.08. The fourth-order valence-corrected chi connectivity index (χ4v) is 3.28. The summed E-state index contributed by atoms with van der Waals surface area (Å²) in [6, 6.07) is 9.44. The minimum atomic E-state index is -0.511. The van der Waals surface area contributed by atoms with Gasteiger partial charge in [0.25, 0.3) is 5.56 Å². The molecule has 0 fully saturated rings. The van der Waals surface area contributed by atoms with E-state index in [4.69, 9.17) is 11.6 Å². The van der Waals surface area contributed by atoms with Gasteiger partial charge in [-0.25, -0.2) is 4.39 Å². The van der Waals surface area contributed by atoms with Crippen LogP contribution in [0.15, 0.2) is 59.8 Å². The van der Waals surface area contributed by atoms with E-state index in [9.17, 15) is 9.18 Å². The molecule has 0 radical (unpaired) electrons. The number of nitrogens with one attached hydrogen (secondary N) is 2. The number of hydrogen-bond acceptors (Lipinski definition) is 4. The van der Waals surface area contributed by atoms with E-state index in [1.165, 1.54) is 18.2 Å². The lowest BCUT2D eigenvalue weighted by atomic mass is 10.0. The number of hydrogen-bond donors (Lipinski definition) is 2. The van der Waals surface area contributed by atoms with Crippen LogP contribution < -0.4 is 10.9 Å². The summed E-state index contributed by atoms with van der Waals surface area (Å²) in [6.07, 6.45) is 5.69. The van der Waals surface area contributed by atoms with Gasteiger partial charge in [0.1, 0.15) is 5.82 Å². The number of aromatic amines is 1. The highest BCUT2D eigenvalue weighted by atomic mass is 35.5. The first-order chi connectivity index (χ1) is 13.6. The molecule has 4 aromatic rings. The number of halogens is 2. The first-order valence-corrected chi connectivity index (χ1v) is 9.12. The van der Waals surface area contributed by atoms with Gasteiger partial charge in [-0.1, -0.05) is 18.5 Å². The second kappa shape index (κ2) is 7.40. The summed E-state index contributed by atoms with van der Waals surface area (Å²) in [7, 11) is 0. The predicted molar refractivity (Wildman–Crippen MR) is 110 cm³/mol. The molecule has 1 aromatic carbocycles. The Morgan fingerprint density at radius 1 is 1.11 bits per heavy atom. The highest BCUT2D eigenvalue weighted by molar-refractivity contribution is 6.30. The first-order valence-electron chi connectivity index (χ1n) is 8.74. The molecule has 0 aliphatic rings. The smallest absolute Gasteiger partial charge is 0.256 e. The van der Waals surface area contributed by atoms with Crippen LogP contribution in [0.25, 0.3) is 22.0 Å². The maximum absolute atomic E-state index is 14.3. The van der Waals surface area contributed by atoms with Crippen LogP contribution in [0.2, 0.25) is 5.02 Å². The maximum Gasteiger partial charge on any atom is 0.256 e. The number of pyridine rings is 3. The summed E-state index contributed by atoms with van der Waals surface area (Å²) in [4.78, 5) is 23.9. The quantitative estimate of drug-likeness (QED) is 0.506. The van der Waals surface area contributed by atoms with E-state index in [-0.39, 0.29) is 16.7 Å². The molecule has 0 saturated heterocycles. The van der Waals surface area contributed by atoms with Crippen LogP contribution in [0, 0.1) is 5.82 Å². The molecule has 0 spiro atoms. The van der Waals surface area contributed by atoms with E-state index in [0.717, 1.165) is 16.6 Å². The average Bonchev–Trinajstić information content (AvgIpc) is 2.71. The van der Waals surface area contributed by atoms with Gasteiger partial charge >= 0.3 is 0 Å². The molecule has 0 bridgehead atoms. The molecule has 3 heterocycles. The van der Waals surface area contributed by atoms with E-state index in [1.807, 2.05) is 19.1 Å². The van der Waals surface area contributed by atoms with Crippen LogP contribution in [0.1, 0.15) is 12.6 Å². The van der Waals surface area contributed by atoms with Crippen LogP contribution in [0.3, 0.4) is 0 Å². The molecule has 0 aliphatic heterocycles. The lowest BCUT2D eigenvalue weighted by Crippen LogP contribution is -2.14. The highest BCUT2D eigenvalue weighted by Crippen LogP contribution is 2.30. The van der Waals surface area contributed by atoms with Crippen molar-refractivity contribution >= 4 is 33.9 Å². The zero-order valence-corrected chi connectivity index (χ0v) is 15.7. The molecule has 28 heavy (non-hydrogen) atoms. The molecular formula is C21H16ClFN4O. The van der Waals surface area contributed by atoms with Gasteiger partial charge in [0.15, 0.2) is 0 Å². The first kappa shape index (κ1) is 18.1. The standard InChI is InChI=1S/C21H16ClFN4O/c1-2-17-20(26-19-6-8-25-18-5-7-24-11-15(18)19)10-14(21(28)27-17)13-9-12(22)3-4-16(13)23/h3-11H,2H2,1H3,(H,25,26)(H,27,28). The summed E-state index contributed by atoms with van der Waals surface area (Å²) < 4.78 is 14.3. The van der Waals surface area contributed by atoms with Gasteiger partial charge in [-0.3, -0.25) is 14.8 Å². The average molecular weight is 395 g/mol. The summed E-state index contributed by atoms with van der Waals surface area (Å²) in [5, 5.41) is 4.53. The molecule has 0 unspecified atom stereocenters. The molecule has 3 aromatic heterocycles. The molecule has 0 atom stereocenters. The number of benzene rings is 1. The summed E-state index contributed by atoms with van der Waals surface area (Å²) >= 11 is 6.00. The third-order valence-corrected chi connectivity index (χ3v) is 4.74. The lowest BCUT2D eigenvalue weighted by molar-refractivity contribution is 0.631. The molecule has 4 rings (SSSR count). The normalized spacial score (nSPS) is 11.0. The van der Waals surface area contributed by atoms with E-state index in [1.54, 1.807) is 24.7 Å². The number of aryl methyl sites for hydroxylation is 1. The fraction of sp³-hybridized carbons (Fsp3) is 0.0952. The zero-order valence-electron chi connectivity index (χ0n) is 15.0. The number of H-pyrrole nitrogens is 1. The molecule has 5 nitrogen and oxygen atoms in total. The van der Waals surface area contributed by atoms with Crippen molar-refractivity contribution in [1.82, 2.24) is 15.0 Å². The van der Waals surface area contributed by atoms with Crippen molar-refractivity contribution < 1.29 is 4.39 Å². The van der Waals surface area contributed by atoms with Crippen molar-refractivity contribution in [3.8, 4) is 11.1 Å². The van der Waals surface area contributed by atoms with Crippen LogP contribution in [0.4, 0.5) is 15.8 Å². The Morgan fingerprint density at radius 3 is 2.79 bits per heavy atom. The number of anilines is 2. The van der Waals surface area contributed by atoms with Crippen molar-refractivity contribution in [3.63, 3.8) is 0 Å². The van der Waals surface area contributed by atoms with Gasteiger partial charge in [0.2, 0.25) is 0 Å². The lowest BCUT2D eigenvalue weighted by Gasteiger charge is -2.14. The fourth-order valence-electron chi connectivity index (χ4n) is 3.11. The Kier molecular flexibility index (Phi) is 4.79. The molecule has 0 saturated carbocycles.